The normalized spacial score (nSPS) is 14.8. The third-order valence-electron chi connectivity index (χ3n) is 6.56. The lowest BCUT2D eigenvalue weighted by Crippen LogP contribution is -2.29. The van der Waals surface area contributed by atoms with Crippen LogP contribution in [0.1, 0.15) is 123 Å². The number of esters is 2. The number of aliphatic hydroxyl groups is 2. The van der Waals surface area contributed by atoms with Gasteiger partial charge in [-0.1, -0.05) is 102 Å². The van der Waals surface area contributed by atoms with Crippen LogP contribution in [0.4, 0.5) is 0 Å². The monoisotopic (exact) mass is 646 g/mol. The van der Waals surface area contributed by atoms with E-state index < -0.39 is 51.8 Å². The molecule has 0 aliphatic carbocycles. The van der Waals surface area contributed by atoms with Crippen molar-refractivity contribution < 1.29 is 47.8 Å². The van der Waals surface area contributed by atoms with E-state index in [0.717, 1.165) is 70.6 Å². The van der Waals surface area contributed by atoms with Crippen LogP contribution in [0.5, 0.6) is 0 Å². The van der Waals surface area contributed by atoms with E-state index in [1.807, 2.05) is 0 Å². The summed E-state index contributed by atoms with van der Waals surface area (Å²) >= 11 is 0. The number of allylic oxidation sites excluding steroid dienone is 6. The standard InChI is InChI=1S/C33H59O10P/c1-3-5-7-9-10-11-12-13-14-15-16-17-18-19-20-21-23-25-33(37)43-31(28-40-32(36)24-22-8-6-4-2)29-42-44(38,39)41-27-30(35)26-34/h5,7,10-11,13-14,30-31,34-35H,3-4,6,8-9,12,15-29H2,1-2H3,(H,38,39)/b7-5-,11-10-,14-13-. The molecule has 0 saturated heterocycles. The Morgan fingerprint density at radius 1 is 0.705 bits per heavy atom. The molecule has 0 radical (unpaired) electrons. The Morgan fingerprint density at radius 2 is 1.25 bits per heavy atom. The lowest BCUT2D eigenvalue weighted by atomic mass is 10.1. The van der Waals surface area contributed by atoms with Crippen LogP contribution < -0.4 is 0 Å². The maximum Gasteiger partial charge on any atom is 0.472 e. The first-order valence-electron chi connectivity index (χ1n) is 16.4. The van der Waals surface area contributed by atoms with Crippen molar-refractivity contribution in [1.29, 1.82) is 0 Å². The van der Waals surface area contributed by atoms with Crippen molar-refractivity contribution in [2.24, 2.45) is 0 Å². The molecule has 3 N–H and O–H groups in total. The Morgan fingerprint density at radius 3 is 1.89 bits per heavy atom. The van der Waals surface area contributed by atoms with E-state index in [-0.39, 0.29) is 19.4 Å². The van der Waals surface area contributed by atoms with E-state index in [4.69, 9.17) is 19.1 Å². The molecule has 0 aromatic rings. The number of rotatable bonds is 30. The number of ether oxygens (including phenoxy) is 2. The summed E-state index contributed by atoms with van der Waals surface area (Å²) in [5.41, 5.74) is 0. The highest BCUT2D eigenvalue weighted by Crippen LogP contribution is 2.43. The minimum atomic E-state index is -4.60. The second-order valence-corrected chi connectivity index (χ2v) is 12.3. The molecule has 0 rings (SSSR count). The van der Waals surface area contributed by atoms with Gasteiger partial charge in [0.05, 0.1) is 19.8 Å². The fourth-order valence-electron chi connectivity index (χ4n) is 4.00. The summed E-state index contributed by atoms with van der Waals surface area (Å²) in [5.74, 6) is -0.961. The molecular formula is C33H59O10P. The topological polar surface area (TPSA) is 149 Å². The molecule has 3 atom stereocenters. The second kappa shape index (κ2) is 29.9. The first kappa shape index (κ1) is 42.2. The van der Waals surface area contributed by atoms with E-state index >= 15 is 0 Å². The predicted octanol–water partition coefficient (Wildman–Crippen LogP) is 7.27. The zero-order valence-electron chi connectivity index (χ0n) is 27.1. The lowest BCUT2D eigenvalue weighted by molar-refractivity contribution is -0.161. The highest BCUT2D eigenvalue weighted by atomic mass is 31.2. The average Bonchev–Trinajstić information content (AvgIpc) is 3.01. The molecule has 0 saturated carbocycles. The van der Waals surface area contributed by atoms with E-state index in [9.17, 15) is 24.2 Å². The fraction of sp³-hybridized carbons (Fsp3) is 0.758. The fourth-order valence-corrected chi connectivity index (χ4v) is 4.79. The minimum absolute atomic E-state index is 0.172. The summed E-state index contributed by atoms with van der Waals surface area (Å²) in [6.07, 6.45) is 26.2. The van der Waals surface area contributed by atoms with Crippen LogP contribution in [0.25, 0.3) is 0 Å². The molecule has 0 bridgehead atoms. The number of carbonyl (C=O) groups excluding carboxylic acids is 2. The van der Waals surface area contributed by atoms with Crippen molar-refractivity contribution in [2.75, 3.05) is 26.4 Å². The molecule has 3 unspecified atom stereocenters. The third-order valence-corrected chi connectivity index (χ3v) is 7.51. The quantitative estimate of drug-likeness (QED) is 0.0315. The van der Waals surface area contributed by atoms with E-state index in [2.05, 4.69) is 54.8 Å². The van der Waals surface area contributed by atoms with Crippen LogP contribution in [0.2, 0.25) is 0 Å². The molecule has 11 heteroatoms. The van der Waals surface area contributed by atoms with E-state index in [1.165, 1.54) is 12.8 Å². The first-order valence-corrected chi connectivity index (χ1v) is 17.9. The van der Waals surface area contributed by atoms with Gasteiger partial charge in [-0.15, -0.1) is 0 Å². The van der Waals surface area contributed by atoms with Gasteiger partial charge in [-0.3, -0.25) is 18.6 Å². The number of phosphoric ester groups is 1. The molecule has 0 fully saturated rings. The van der Waals surface area contributed by atoms with Crippen molar-refractivity contribution in [3.63, 3.8) is 0 Å². The van der Waals surface area contributed by atoms with Crippen LogP contribution in [0, 0.1) is 0 Å². The highest BCUT2D eigenvalue weighted by molar-refractivity contribution is 7.47. The van der Waals surface area contributed by atoms with Gasteiger partial charge in [-0.25, -0.2) is 4.57 Å². The van der Waals surface area contributed by atoms with Crippen LogP contribution in [-0.2, 0) is 32.7 Å². The van der Waals surface area contributed by atoms with E-state index in [0.29, 0.717) is 12.8 Å². The average molecular weight is 647 g/mol. The molecule has 0 spiro atoms. The summed E-state index contributed by atoms with van der Waals surface area (Å²) < 4.78 is 32.2. The molecule has 0 aliphatic heterocycles. The molecule has 44 heavy (non-hydrogen) atoms. The first-order chi connectivity index (χ1) is 21.2. The number of aliphatic hydroxyl groups excluding tert-OH is 2. The molecular weight excluding hydrogens is 587 g/mol. The van der Waals surface area contributed by atoms with Crippen molar-refractivity contribution in [3.05, 3.63) is 36.5 Å². The van der Waals surface area contributed by atoms with Crippen LogP contribution in [0.15, 0.2) is 36.5 Å². The molecule has 0 aromatic carbocycles. The predicted molar refractivity (Wildman–Crippen MR) is 173 cm³/mol. The van der Waals surface area contributed by atoms with Gasteiger partial charge in [-0.05, 0) is 44.9 Å². The van der Waals surface area contributed by atoms with Gasteiger partial charge in [0.25, 0.3) is 0 Å². The molecule has 0 amide bonds. The molecule has 0 heterocycles. The van der Waals surface area contributed by atoms with Crippen LogP contribution in [-0.4, -0.2) is 65.7 Å². The van der Waals surface area contributed by atoms with E-state index in [1.54, 1.807) is 0 Å². The highest BCUT2D eigenvalue weighted by Gasteiger charge is 2.27. The van der Waals surface area contributed by atoms with Gasteiger partial charge in [0.15, 0.2) is 6.10 Å². The number of unbranched alkanes of at least 4 members (excludes halogenated alkanes) is 10. The zero-order chi connectivity index (χ0) is 32.7. The summed E-state index contributed by atoms with van der Waals surface area (Å²) in [4.78, 5) is 34.3. The van der Waals surface area contributed by atoms with Gasteiger partial charge < -0.3 is 24.6 Å². The molecule has 256 valence electrons. The Bertz CT molecular complexity index is 842. The second-order valence-electron chi connectivity index (χ2n) is 10.8. The van der Waals surface area contributed by atoms with Crippen LogP contribution >= 0.6 is 7.82 Å². The van der Waals surface area contributed by atoms with Gasteiger partial charge in [0.2, 0.25) is 0 Å². The Kier molecular flexibility index (Phi) is 28.6. The summed E-state index contributed by atoms with van der Waals surface area (Å²) in [6, 6.07) is 0. The minimum Gasteiger partial charge on any atom is -0.462 e. The van der Waals surface area contributed by atoms with Gasteiger partial charge in [0.1, 0.15) is 12.7 Å². The maximum absolute atomic E-state index is 12.4. The van der Waals surface area contributed by atoms with Crippen molar-refractivity contribution in [3.8, 4) is 0 Å². The Balaban J connectivity index is 4.28. The number of hydrogen-bond donors (Lipinski definition) is 3. The number of hydrogen-bond acceptors (Lipinski definition) is 9. The number of carbonyl (C=O) groups is 2. The molecule has 0 aromatic heterocycles. The smallest absolute Gasteiger partial charge is 0.462 e. The molecule has 10 nitrogen and oxygen atoms in total. The summed E-state index contributed by atoms with van der Waals surface area (Å²) in [6.45, 7) is 2.08. The summed E-state index contributed by atoms with van der Waals surface area (Å²) in [7, 11) is -4.60. The summed E-state index contributed by atoms with van der Waals surface area (Å²) in [5, 5.41) is 18.1. The van der Waals surface area contributed by atoms with Gasteiger partial charge >= 0.3 is 19.8 Å². The maximum atomic E-state index is 12.4. The van der Waals surface area contributed by atoms with Crippen molar-refractivity contribution in [1.82, 2.24) is 0 Å². The van der Waals surface area contributed by atoms with Crippen LogP contribution in [0.3, 0.4) is 0 Å². The number of phosphoric acid groups is 1. The third kappa shape index (κ3) is 28.9. The van der Waals surface area contributed by atoms with Crippen molar-refractivity contribution >= 4 is 19.8 Å². The van der Waals surface area contributed by atoms with Gasteiger partial charge in [0, 0.05) is 12.8 Å². The largest absolute Gasteiger partial charge is 0.472 e. The Labute approximate surface area is 265 Å². The SMILES string of the molecule is CC/C=C\C/C=C\C/C=C\CCCCCCCCCC(=O)OC(COC(=O)CCCCCC)COP(=O)(O)OCC(O)CO. The molecule has 0 aliphatic rings. The van der Waals surface area contributed by atoms with Gasteiger partial charge in [-0.2, -0.15) is 0 Å². The Hall–Kier alpha value is -1.81. The zero-order valence-corrected chi connectivity index (χ0v) is 28.0. The lowest BCUT2D eigenvalue weighted by Gasteiger charge is -2.20. The van der Waals surface area contributed by atoms with Crippen molar-refractivity contribution in [2.45, 2.75) is 135 Å².